The van der Waals surface area contributed by atoms with Crippen LogP contribution in [-0.4, -0.2) is 243 Å². The standard InChI is InChI=1S/C30H48Br3N3O18/c1-34(4-10(40)22(46)25(49)13(43)7-37)28(52)16-19(31)17(29(53)35(2)5-11(41)23(47)26(50)14(44)8-38)21(33)18(20(16)32)30(54)36(3)6-12(42)24(48)27(51)15(45)9-39/h10-15,22-27,37-51H,4-9H2,1-3H3. The first-order valence-corrected chi connectivity index (χ1v) is 18.3. The van der Waals surface area contributed by atoms with E-state index in [1.807, 2.05) is 0 Å². The Morgan fingerprint density at radius 1 is 0.407 bits per heavy atom. The molecule has 0 heterocycles. The number of halogens is 3. The molecule has 0 bridgehead atoms. The lowest BCUT2D eigenvalue weighted by Crippen LogP contribution is -2.50. The first-order chi connectivity index (χ1) is 24.9. The Labute approximate surface area is 333 Å². The summed E-state index contributed by atoms with van der Waals surface area (Å²) in [4.78, 5) is 44.2. The van der Waals surface area contributed by atoms with Gasteiger partial charge in [-0.25, -0.2) is 0 Å². The van der Waals surface area contributed by atoms with Gasteiger partial charge in [-0.15, -0.1) is 0 Å². The van der Waals surface area contributed by atoms with Crippen LogP contribution in [0.15, 0.2) is 13.4 Å². The van der Waals surface area contributed by atoms with Crippen molar-refractivity contribution in [1.82, 2.24) is 14.7 Å². The highest BCUT2D eigenvalue weighted by molar-refractivity contribution is 9.11. The molecule has 0 saturated heterocycles. The third-order valence-corrected chi connectivity index (χ3v) is 10.7. The van der Waals surface area contributed by atoms with Crippen LogP contribution >= 0.6 is 47.8 Å². The van der Waals surface area contributed by atoms with Gasteiger partial charge in [0.2, 0.25) is 0 Å². The van der Waals surface area contributed by atoms with E-state index in [2.05, 4.69) is 47.8 Å². The van der Waals surface area contributed by atoms with Gasteiger partial charge in [0, 0.05) is 54.2 Å². The van der Waals surface area contributed by atoms with Gasteiger partial charge in [0.05, 0.1) is 36.5 Å². The Morgan fingerprint density at radius 3 is 0.741 bits per heavy atom. The molecule has 3 amide bonds. The Morgan fingerprint density at radius 2 is 0.574 bits per heavy atom. The summed E-state index contributed by atoms with van der Waals surface area (Å²) in [7, 11) is 3.34. The molecule has 0 spiro atoms. The zero-order valence-electron chi connectivity index (χ0n) is 29.1. The number of hydrogen-bond acceptors (Lipinski definition) is 18. The van der Waals surface area contributed by atoms with E-state index >= 15 is 0 Å². The Hall–Kier alpha value is -1.53. The molecule has 0 radical (unpaired) electrons. The molecule has 0 aliphatic heterocycles. The lowest BCUT2D eigenvalue weighted by Gasteiger charge is -2.31. The molecule has 1 aromatic rings. The van der Waals surface area contributed by atoms with Gasteiger partial charge in [0.1, 0.15) is 73.2 Å². The molecule has 0 saturated carbocycles. The molecule has 0 aromatic heterocycles. The van der Waals surface area contributed by atoms with Crippen LogP contribution in [0.3, 0.4) is 0 Å². The molecule has 12 unspecified atom stereocenters. The van der Waals surface area contributed by atoms with Crippen LogP contribution in [0.2, 0.25) is 0 Å². The normalized spacial score (nSPS) is 18.6. The van der Waals surface area contributed by atoms with Crippen molar-refractivity contribution in [3.63, 3.8) is 0 Å². The van der Waals surface area contributed by atoms with E-state index < -0.39 is 147 Å². The predicted molar refractivity (Wildman–Crippen MR) is 194 cm³/mol. The molecule has 24 heteroatoms. The monoisotopic (exact) mass is 975 g/mol. The van der Waals surface area contributed by atoms with E-state index in [4.69, 9.17) is 15.3 Å². The zero-order valence-corrected chi connectivity index (χ0v) is 33.8. The van der Waals surface area contributed by atoms with Crippen molar-refractivity contribution in [3.8, 4) is 0 Å². The minimum Gasteiger partial charge on any atom is -0.394 e. The van der Waals surface area contributed by atoms with Gasteiger partial charge in [0.15, 0.2) is 0 Å². The number of benzene rings is 1. The minimum absolute atomic E-state index is 0.317. The van der Waals surface area contributed by atoms with E-state index in [1.165, 1.54) is 0 Å². The third kappa shape index (κ3) is 12.2. The van der Waals surface area contributed by atoms with E-state index in [-0.39, 0.29) is 13.4 Å². The number of likely N-dealkylation sites (N-methyl/N-ethyl adjacent to an activating group) is 3. The van der Waals surface area contributed by atoms with Gasteiger partial charge >= 0.3 is 0 Å². The number of hydrogen-bond donors (Lipinski definition) is 15. The summed E-state index contributed by atoms with van der Waals surface area (Å²) in [5.41, 5.74) is -1.43. The zero-order chi connectivity index (χ0) is 42.1. The second kappa shape index (κ2) is 22.4. The predicted octanol–water partition coefficient (Wildman–Crippen LogP) is -6.50. The van der Waals surface area contributed by atoms with Crippen LogP contribution < -0.4 is 0 Å². The average molecular weight is 978 g/mol. The van der Waals surface area contributed by atoms with E-state index in [0.29, 0.717) is 0 Å². The maximum absolute atomic E-state index is 13.9. The largest absolute Gasteiger partial charge is 0.394 e. The smallest absolute Gasteiger partial charge is 0.256 e. The molecule has 1 aromatic carbocycles. The highest BCUT2D eigenvalue weighted by atomic mass is 79.9. The number of aliphatic hydroxyl groups is 15. The van der Waals surface area contributed by atoms with Gasteiger partial charge in [-0.2, -0.15) is 0 Å². The minimum atomic E-state index is -2.08. The molecule has 0 aliphatic carbocycles. The summed E-state index contributed by atoms with van der Waals surface area (Å²) in [6.45, 7) is -5.15. The number of rotatable bonds is 21. The molecule has 0 aliphatic rings. The van der Waals surface area contributed by atoms with Crippen molar-refractivity contribution >= 4 is 65.5 Å². The summed E-state index contributed by atoms with van der Waals surface area (Å²) >= 11 is 9.54. The van der Waals surface area contributed by atoms with Crippen LogP contribution in [0.4, 0.5) is 0 Å². The molecule has 15 N–H and O–H groups in total. The van der Waals surface area contributed by atoms with Gasteiger partial charge < -0.3 is 91.3 Å². The molecular formula is C30H48Br3N3O18. The van der Waals surface area contributed by atoms with E-state index in [9.17, 15) is 75.7 Å². The van der Waals surface area contributed by atoms with Gasteiger partial charge in [0.25, 0.3) is 17.7 Å². The SMILES string of the molecule is CN(CC(O)C(O)C(O)C(O)CO)C(=O)c1c(Br)c(C(=O)N(C)CC(O)C(O)C(O)C(O)CO)c(Br)c(C(=O)N(C)CC(O)C(O)C(O)C(O)CO)c1Br. The van der Waals surface area contributed by atoms with Crippen molar-refractivity contribution in [2.24, 2.45) is 0 Å². The molecule has 1 rings (SSSR count). The molecular weight excluding hydrogens is 930 g/mol. The second-order valence-electron chi connectivity index (χ2n) is 12.5. The van der Waals surface area contributed by atoms with E-state index in [1.54, 1.807) is 0 Å². The Kier molecular flexibility index (Phi) is 21.0. The fourth-order valence-electron chi connectivity index (χ4n) is 4.90. The first-order valence-electron chi connectivity index (χ1n) is 15.9. The number of nitrogens with zero attached hydrogens (tertiary/aromatic N) is 3. The highest BCUT2D eigenvalue weighted by Gasteiger charge is 2.38. The second-order valence-corrected chi connectivity index (χ2v) is 14.9. The van der Waals surface area contributed by atoms with Crippen LogP contribution in [0.5, 0.6) is 0 Å². The van der Waals surface area contributed by atoms with Crippen molar-refractivity contribution in [2.75, 3.05) is 60.6 Å². The Bertz CT molecular complexity index is 1230. The van der Waals surface area contributed by atoms with Crippen molar-refractivity contribution in [1.29, 1.82) is 0 Å². The molecule has 54 heavy (non-hydrogen) atoms. The number of carbonyl (C=O) groups excluding carboxylic acids is 3. The summed E-state index contributed by atoms with van der Waals surface area (Å²) in [5.74, 6) is -3.15. The third-order valence-electron chi connectivity index (χ3n) is 8.36. The molecule has 0 fully saturated rings. The first kappa shape index (κ1) is 50.5. The molecule has 21 nitrogen and oxygen atoms in total. The van der Waals surface area contributed by atoms with Crippen LogP contribution in [0, 0.1) is 0 Å². The van der Waals surface area contributed by atoms with Gasteiger partial charge in [-0.3, -0.25) is 14.4 Å². The summed E-state index contributed by atoms with van der Waals surface area (Å²) in [5, 5.41) is 149. The van der Waals surface area contributed by atoms with Crippen molar-refractivity contribution < 1.29 is 91.0 Å². The number of aliphatic hydroxyl groups excluding tert-OH is 15. The summed E-state index contributed by atoms with van der Waals surface area (Å²) < 4.78 is -0.952. The maximum atomic E-state index is 13.9. The maximum Gasteiger partial charge on any atom is 0.256 e. The van der Waals surface area contributed by atoms with E-state index in [0.717, 1.165) is 35.8 Å². The molecule has 12 atom stereocenters. The van der Waals surface area contributed by atoms with Crippen LogP contribution in [-0.2, 0) is 0 Å². The summed E-state index contributed by atoms with van der Waals surface area (Å²) in [6.07, 6.45) is -23.7. The van der Waals surface area contributed by atoms with Gasteiger partial charge in [-0.1, -0.05) is 0 Å². The lowest BCUT2D eigenvalue weighted by molar-refractivity contribution is -0.117. The van der Waals surface area contributed by atoms with Crippen LogP contribution in [0.1, 0.15) is 31.1 Å². The fraction of sp³-hybridized carbons (Fsp3) is 0.700. The summed E-state index contributed by atoms with van der Waals surface area (Å²) in [6, 6.07) is 0. The number of amides is 3. The quantitative estimate of drug-likeness (QED) is 0.0545. The van der Waals surface area contributed by atoms with Crippen molar-refractivity contribution in [3.05, 3.63) is 30.1 Å². The highest BCUT2D eigenvalue weighted by Crippen LogP contribution is 2.41. The number of carbonyl (C=O) groups is 3. The van der Waals surface area contributed by atoms with Crippen LogP contribution in [0.25, 0.3) is 0 Å². The van der Waals surface area contributed by atoms with Gasteiger partial charge in [-0.05, 0) is 47.8 Å². The fourth-order valence-corrected chi connectivity index (χ4v) is 7.91. The average Bonchev–Trinajstić information content (AvgIpc) is 3.14. The van der Waals surface area contributed by atoms with Crippen molar-refractivity contribution in [2.45, 2.75) is 73.2 Å². The Balaban J connectivity index is 3.79. The topological polar surface area (TPSA) is 364 Å². The lowest BCUT2D eigenvalue weighted by atomic mass is 10.00. The molecule has 312 valence electrons.